The summed E-state index contributed by atoms with van der Waals surface area (Å²) in [6.45, 7) is 6.73. The minimum absolute atomic E-state index is 0.222. The van der Waals surface area contributed by atoms with Crippen LogP contribution in [-0.4, -0.2) is 53.5 Å². The molecule has 0 aliphatic carbocycles. The average molecular weight is 572 g/mol. The van der Waals surface area contributed by atoms with Crippen molar-refractivity contribution in [3.8, 4) is 16.9 Å². The van der Waals surface area contributed by atoms with Gasteiger partial charge in [0.05, 0.1) is 0 Å². The van der Waals surface area contributed by atoms with Crippen LogP contribution in [0.5, 0.6) is 5.75 Å². The number of rotatable bonds is 9. The van der Waals surface area contributed by atoms with Crippen molar-refractivity contribution < 1.29 is 17.9 Å². The number of aromatic nitrogens is 1. The number of piperazine rings is 1. The van der Waals surface area contributed by atoms with E-state index in [1.165, 1.54) is 17.7 Å². The van der Waals surface area contributed by atoms with E-state index in [4.69, 9.17) is 23.1 Å². The largest absolute Gasteiger partial charge is 0.573 e. The van der Waals surface area contributed by atoms with E-state index >= 15 is 0 Å². The Morgan fingerprint density at radius 2 is 1.60 bits per heavy atom. The highest BCUT2D eigenvalue weighted by atomic mass is 35.5. The molecule has 0 bridgehead atoms. The van der Waals surface area contributed by atoms with Crippen molar-refractivity contribution in [1.29, 1.82) is 0 Å². The normalized spacial score (nSPS) is 15.1. The third-order valence-electron chi connectivity index (χ3n) is 7.32. The number of halogens is 4. The highest BCUT2D eigenvalue weighted by Crippen LogP contribution is 2.37. The number of nitrogens with two attached hydrogens (primary N) is 2. The van der Waals surface area contributed by atoms with Gasteiger partial charge in [-0.1, -0.05) is 35.9 Å². The fraction of sp³-hybridized carbons (Fsp3) is 0.333. The Morgan fingerprint density at radius 3 is 2.27 bits per heavy atom. The second-order valence-electron chi connectivity index (χ2n) is 10.2. The molecular weight excluding hydrogens is 539 g/mol. The Kier molecular flexibility index (Phi) is 8.56. The molecule has 1 aromatic heterocycles. The van der Waals surface area contributed by atoms with Crippen molar-refractivity contribution in [2.45, 2.75) is 32.4 Å². The number of hydrogen-bond acceptors (Lipinski definition) is 5. The number of hydrogen-bond donors (Lipinski definition) is 2. The first kappa shape index (κ1) is 28.3. The predicted octanol–water partition coefficient (Wildman–Crippen LogP) is 6.11. The first-order valence-electron chi connectivity index (χ1n) is 13.4. The van der Waals surface area contributed by atoms with Gasteiger partial charge in [0.25, 0.3) is 0 Å². The van der Waals surface area contributed by atoms with Gasteiger partial charge >= 0.3 is 6.36 Å². The highest BCUT2D eigenvalue weighted by molar-refractivity contribution is 6.31. The zero-order valence-electron chi connectivity index (χ0n) is 22.1. The molecule has 6 nitrogen and oxygen atoms in total. The van der Waals surface area contributed by atoms with E-state index in [2.05, 4.69) is 43.4 Å². The molecular formula is C30H33ClF3N5O. The summed E-state index contributed by atoms with van der Waals surface area (Å²) in [4.78, 5) is 4.86. The second-order valence-corrected chi connectivity index (χ2v) is 10.6. The average Bonchev–Trinajstić information content (AvgIpc) is 3.26. The zero-order valence-corrected chi connectivity index (χ0v) is 22.9. The minimum Gasteiger partial charge on any atom is -0.406 e. The van der Waals surface area contributed by atoms with Gasteiger partial charge < -0.3 is 20.8 Å². The van der Waals surface area contributed by atoms with Crippen LogP contribution in [0.2, 0.25) is 5.02 Å². The number of nitrogens with zero attached hydrogens (tertiary/aromatic N) is 3. The van der Waals surface area contributed by atoms with Gasteiger partial charge in [-0.25, -0.2) is 0 Å². The summed E-state index contributed by atoms with van der Waals surface area (Å²) in [6, 6.07) is 18.5. The summed E-state index contributed by atoms with van der Waals surface area (Å²) >= 11 is 6.35. The van der Waals surface area contributed by atoms with Gasteiger partial charge in [0.2, 0.25) is 0 Å². The molecule has 0 saturated carbocycles. The lowest BCUT2D eigenvalue weighted by atomic mass is 10.0. The zero-order chi connectivity index (χ0) is 28.3. The van der Waals surface area contributed by atoms with E-state index < -0.39 is 6.36 Å². The van der Waals surface area contributed by atoms with Crippen LogP contribution in [0.1, 0.15) is 17.5 Å². The van der Waals surface area contributed by atoms with E-state index in [1.54, 1.807) is 6.07 Å². The van der Waals surface area contributed by atoms with Crippen LogP contribution < -0.4 is 16.2 Å². The van der Waals surface area contributed by atoms with Crippen molar-refractivity contribution in [3.63, 3.8) is 0 Å². The Balaban J connectivity index is 1.35. The molecule has 0 atom stereocenters. The molecule has 0 unspecified atom stereocenters. The number of fused-ring (bicyclic) bond motifs is 1. The molecule has 40 heavy (non-hydrogen) atoms. The first-order chi connectivity index (χ1) is 19.2. The quantitative estimate of drug-likeness (QED) is 0.237. The number of anilines is 1. The molecule has 5 rings (SSSR count). The highest BCUT2D eigenvalue weighted by Gasteiger charge is 2.31. The van der Waals surface area contributed by atoms with Gasteiger partial charge in [-0.2, -0.15) is 0 Å². The van der Waals surface area contributed by atoms with Gasteiger partial charge in [0, 0.05) is 90.8 Å². The number of nitrogen functional groups attached to an aromatic ring is 1. The summed E-state index contributed by atoms with van der Waals surface area (Å²) in [5.41, 5.74) is 17.1. The second kappa shape index (κ2) is 12.1. The van der Waals surface area contributed by atoms with Crippen LogP contribution in [0.4, 0.5) is 18.9 Å². The number of alkyl halides is 3. The number of aryl methyl sites for hydroxylation is 1. The summed E-state index contributed by atoms with van der Waals surface area (Å²) in [7, 11) is 0. The lowest BCUT2D eigenvalue weighted by Gasteiger charge is -2.35. The molecule has 1 aliphatic heterocycles. The molecule has 10 heteroatoms. The van der Waals surface area contributed by atoms with E-state index in [0.717, 1.165) is 79.3 Å². The van der Waals surface area contributed by atoms with Crippen LogP contribution in [0.25, 0.3) is 22.0 Å². The molecule has 3 aromatic carbocycles. The molecule has 4 N–H and O–H groups in total. The summed E-state index contributed by atoms with van der Waals surface area (Å²) in [6.07, 6.45) is -1.97. The maximum Gasteiger partial charge on any atom is 0.573 e. The molecule has 0 spiro atoms. The SMILES string of the molecule is NCCCn1cc(-c2ccc(OC(F)(F)F)cc2N)c2cc(CN3CCN(Cc4ccccc4Cl)CC3)ccc21. The van der Waals surface area contributed by atoms with Crippen molar-refractivity contribution in [3.05, 3.63) is 83.0 Å². The van der Waals surface area contributed by atoms with Crippen molar-refractivity contribution in [2.75, 3.05) is 38.5 Å². The van der Waals surface area contributed by atoms with Crippen LogP contribution >= 0.6 is 11.6 Å². The van der Waals surface area contributed by atoms with Gasteiger partial charge in [-0.3, -0.25) is 9.80 Å². The summed E-state index contributed by atoms with van der Waals surface area (Å²) < 4.78 is 44.3. The van der Waals surface area contributed by atoms with E-state index in [-0.39, 0.29) is 11.4 Å². The number of ether oxygens (including phenoxy) is 1. The van der Waals surface area contributed by atoms with Crippen LogP contribution in [0, 0.1) is 0 Å². The van der Waals surface area contributed by atoms with E-state index in [0.29, 0.717) is 12.1 Å². The monoisotopic (exact) mass is 571 g/mol. The van der Waals surface area contributed by atoms with Crippen LogP contribution in [0.3, 0.4) is 0 Å². The van der Waals surface area contributed by atoms with Gasteiger partial charge in [0.1, 0.15) is 5.75 Å². The molecule has 2 heterocycles. The predicted molar refractivity (Wildman–Crippen MR) is 154 cm³/mol. The van der Waals surface area contributed by atoms with Gasteiger partial charge in [0.15, 0.2) is 0 Å². The Bertz CT molecular complexity index is 1460. The lowest BCUT2D eigenvalue weighted by Crippen LogP contribution is -2.45. The van der Waals surface area contributed by atoms with Gasteiger partial charge in [-0.15, -0.1) is 13.2 Å². The van der Waals surface area contributed by atoms with Crippen molar-refractivity contribution >= 4 is 28.2 Å². The topological polar surface area (TPSA) is 72.7 Å². The van der Waals surface area contributed by atoms with Crippen molar-refractivity contribution in [2.24, 2.45) is 5.73 Å². The molecule has 1 fully saturated rings. The van der Waals surface area contributed by atoms with E-state index in [9.17, 15) is 13.2 Å². The smallest absolute Gasteiger partial charge is 0.406 e. The minimum atomic E-state index is -4.78. The Morgan fingerprint density at radius 1 is 0.875 bits per heavy atom. The molecule has 1 aliphatic rings. The van der Waals surface area contributed by atoms with Crippen molar-refractivity contribution in [1.82, 2.24) is 14.4 Å². The third kappa shape index (κ3) is 6.72. The lowest BCUT2D eigenvalue weighted by molar-refractivity contribution is -0.274. The Hall–Kier alpha value is -3.24. The maximum atomic E-state index is 12.7. The standard InChI is InChI=1S/C30H33ClF3N5O/c31-27-5-2-1-4-22(27)19-38-14-12-37(13-15-38)18-21-6-9-29-25(16-21)26(20-39(29)11-3-10-35)24-8-7-23(17-28(24)36)40-30(32,33)34/h1-2,4-9,16-17,20H,3,10-15,18-19,35-36H2. The third-order valence-corrected chi connectivity index (χ3v) is 7.69. The molecule has 0 radical (unpaired) electrons. The summed E-state index contributed by atoms with van der Waals surface area (Å²) in [5.74, 6) is -0.338. The maximum absolute atomic E-state index is 12.7. The number of benzene rings is 3. The van der Waals surface area contributed by atoms with Crippen LogP contribution in [0.15, 0.2) is 66.9 Å². The molecule has 1 saturated heterocycles. The first-order valence-corrected chi connectivity index (χ1v) is 13.7. The molecule has 4 aromatic rings. The van der Waals surface area contributed by atoms with E-state index in [1.807, 2.05) is 24.4 Å². The Labute approximate surface area is 236 Å². The van der Waals surface area contributed by atoms with Gasteiger partial charge in [-0.05, 0) is 54.4 Å². The fourth-order valence-electron chi connectivity index (χ4n) is 5.32. The molecule has 212 valence electrons. The van der Waals surface area contributed by atoms with Crippen LogP contribution in [-0.2, 0) is 19.6 Å². The summed E-state index contributed by atoms with van der Waals surface area (Å²) in [5, 5.41) is 1.80. The molecule has 0 amide bonds. The fourth-order valence-corrected chi connectivity index (χ4v) is 5.51.